The summed E-state index contributed by atoms with van der Waals surface area (Å²) in [6, 6.07) is 0.130. The van der Waals surface area contributed by atoms with Crippen LogP contribution in [0.1, 0.15) is 37.8 Å². The van der Waals surface area contributed by atoms with E-state index >= 15 is 0 Å². The summed E-state index contributed by atoms with van der Waals surface area (Å²) in [5.41, 5.74) is 8.32. The van der Waals surface area contributed by atoms with Gasteiger partial charge in [-0.05, 0) is 19.3 Å². The van der Waals surface area contributed by atoms with E-state index < -0.39 is 0 Å². The van der Waals surface area contributed by atoms with Gasteiger partial charge in [-0.15, -0.1) is 0 Å². The Balaban J connectivity index is 3.22. The molecule has 0 aliphatic carbocycles. The normalized spacial score (nSPS) is 12.9. The van der Waals surface area contributed by atoms with Crippen molar-refractivity contribution >= 4 is 11.3 Å². The molecule has 1 aromatic rings. The fraction of sp³-hybridized carbons (Fsp3) is 0.667. The van der Waals surface area contributed by atoms with Crippen LogP contribution in [0.5, 0.6) is 10.1 Å². The lowest BCUT2D eigenvalue weighted by atomic mass is 9.97. The van der Waals surface area contributed by atoms with Gasteiger partial charge in [0.25, 0.3) is 0 Å². The maximum absolute atomic E-state index is 5.88. The summed E-state index contributed by atoms with van der Waals surface area (Å²) in [6.45, 7) is 6.33. The van der Waals surface area contributed by atoms with Crippen LogP contribution in [0.2, 0.25) is 0 Å². The van der Waals surface area contributed by atoms with Crippen molar-refractivity contribution in [2.45, 2.75) is 39.2 Å². The second-order valence-electron chi connectivity index (χ2n) is 4.31. The summed E-state index contributed by atoms with van der Waals surface area (Å²) >= 11 is 1.56. The Bertz CT molecular complexity index is 345. The Kier molecular flexibility index (Phi) is 4.62. The minimum atomic E-state index is 0.130. The van der Waals surface area contributed by atoms with Crippen molar-refractivity contribution in [3.8, 4) is 10.1 Å². The number of methoxy groups -OCH3 is 2. The number of nitrogens with two attached hydrogens (primary N) is 1. The lowest BCUT2D eigenvalue weighted by Gasteiger charge is -2.12. The summed E-state index contributed by atoms with van der Waals surface area (Å²) in [5, 5.41) is 1.88. The van der Waals surface area contributed by atoms with Gasteiger partial charge in [0.15, 0.2) is 10.1 Å². The van der Waals surface area contributed by atoms with E-state index in [1.54, 1.807) is 25.6 Å². The summed E-state index contributed by atoms with van der Waals surface area (Å²) < 4.78 is 10.8. The largest absolute Gasteiger partial charge is 0.487 e. The molecule has 1 rings (SSSR count). The molecule has 0 aliphatic heterocycles. The number of thiophene rings is 1. The van der Waals surface area contributed by atoms with Crippen LogP contribution < -0.4 is 15.2 Å². The van der Waals surface area contributed by atoms with Crippen LogP contribution in [0, 0.1) is 0 Å². The highest BCUT2D eigenvalue weighted by Crippen LogP contribution is 2.45. The van der Waals surface area contributed by atoms with Crippen molar-refractivity contribution in [3.05, 3.63) is 11.1 Å². The van der Waals surface area contributed by atoms with Crippen LogP contribution >= 0.6 is 11.3 Å². The van der Waals surface area contributed by atoms with Crippen LogP contribution in [-0.4, -0.2) is 20.3 Å². The first kappa shape index (κ1) is 13.3. The third-order valence-corrected chi connectivity index (χ3v) is 3.62. The SMILES string of the molecule is COc1sc(OC)c(C(C)C)c1C[C@H](C)N. The molecule has 0 radical (unpaired) electrons. The van der Waals surface area contributed by atoms with Crippen LogP contribution in [-0.2, 0) is 6.42 Å². The van der Waals surface area contributed by atoms with Crippen molar-refractivity contribution in [1.29, 1.82) is 0 Å². The predicted octanol–water partition coefficient (Wildman–Crippen LogP) is 2.78. The molecule has 92 valence electrons. The third kappa shape index (κ3) is 2.68. The summed E-state index contributed by atoms with van der Waals surface area (Å²) in [4.78, 5) is 0. The molecule has 0 aromatic carbocycles. The molecule has 4 heteroatoms. The average molecular weight is 243 g/mol. The van der Waals surface area contributed by atoms with E-state index in [0.29, 0.717) is 5.92 Å². The smallest absolute Gasteiger partial charge is 0.180 e. The summed E-state index contributed by atoms with van der Waals surface area (Å²) in [5.74, 6) is 0.420. The molecule has 2 N–H and O–H groups in total. The molecule has 0 bridgehead atoms. The van der Waals surface area contributed by atoms with Gasteiger partial charge in [-0.2, -0.15) is 0 Å². The second kappa shape index (κ2) is 5.55. The Morgan fingerprint density at radius 3 is 2.06 bits per heavy atom. The molecule has 0 unspecified atom stereocenters. The Hall–Kier alpha value is -0.740. The number of hydrogen-bond acceptors (Lipinski definition) is 4. The van der Waals surface area contributed by atoms with Gasteiger partial charge in [0.2, 0.25) is 0 Å². The number of rotatable bonds is 5. The molecule has 0 aliphatic rings. The first-order valence-electron chi connectivity index (χ1n) is 5.50. The zero-order chi connectivity index (χ0) is 12.3. The van der Waals surface area contributed by atoms with Crippen LogP contribution in [0.3, 0.4) is 0 Å². The Morgan fingerprint density at radius 1 is 1.12 bits per heavy atom. The standard InChI is InChI=1S/C12H21NO2S/c1-7(2)10-9(6-8(3)13)11(14-4)16-12(10)15-5/h7-8H,6,13H2,1-5H3/t8-/m0/s1. The Morgan fingerprint density at radius 2 is 1.69 bits per heavy atom. The molecule has 1 heterocycles. The van der Waals surface area contributed by atoms with Gasteiger partial charge in [-0.1, -0.05) is 25.2 Å². The minimum Gasteiger partial charge on any atom is -0.487 e. The molecule has 0 spiro atoms. The van der Waals surface area contributed by atoms with Crippen molar-refractivity contribution < 1.29 is 9.47 Å². The zero-order valence-corrected chi connectivity index (χ0v) is 11.5. The van der Waals surface area contributed by atoms with Gasteiger partial charge in [-0.3, -0.25) is 0 Å². The molecule has 0 saturated heterocycles. The van der Waals surface area contributed by atoms with Crippen LogP contribution in [0.4, 0.5) is 0 Å². The highest BCUT2D eigenvalue weighted by atomic mass is 32.1. The predicted molar refractivity (Wildman–Crippen MR) is 68.9 cm³/mol. The minimum absolute atomic E-state index is 0.130. The molecule has 3 nitrogen and oxygen atoms in total. The highest BCUT2D eigenvalue weighted by molar-refractivity contribution is 7.16. The van der Waals surface area contributed by atoms with E-state index in [1.807, 2.05) is 6.92 Å². The maximum Gasteiger partial charge on any atom is 0.180 e. The van der Waals surface area contributed by atoms with Gasteiger partial charge >= 0.3 is 0 Å². The quantitative estimate of drug-likeness (QED) is 0.865. The van der Waals surface area contributed by atoms with E-state index in [9.17, 15) is 0 Å². The summed E-state index contributed by atoms with van der Waals surface area (Å²) in [6.07, 6.45) is 0.830. The van der Waals surface area contributed by atoms with E-state index in [4.69, 9.17) is 15.2 Å². The number of ether oxygens (including phenoxy) is 2. The molecule has 0 amide bonds. The van der Waals surface area contributed by atoms with E-state index in [-0.39, 0.29) is 6.04 Å². The van der Waals surface area contributed by atoms with Crippen molar-refractivity contribution in [3.63, 3.8) is 0 Å². The highest BCUT2D eigenvalue weighted by Gasteiger charge is 2.22. The monoisotopic (exact) mass is 243 g/mol. The second-order valence-corrected chi connectivity index (χ2v) is 5.26. The molecule has 16 heavy (non-hydrogen) atoms. The molecule has 0 fully saturated rings. The molecule has 1 atom stereocenters. The fourth-order valence-corrected chi connectivity index (χ4v) is 2.97. The first-order valence-corrected chi connectivity index (χ1v) is 6.32. The van der Waals surface area contributed by atoms with Gasteiger partial charge < -0.3 is 15.2 Å². The van der Waals surface area contributed by atoms with Crippen LogP contribution in [0.25, 0.3) is 0 Å². The zero-order valence-electron chi connectivity index (χ0n) is 10.7. The third-order valence-electron chi connectivity index (χ3n) is 2.45. The molecular weight excluding hydrogens is 222 g/mol. The lowest BCUT2D eigenvalue weighted by molar-refractivity contribution is 0.419. The average Bonchev–Trinajstić information content (AvgIpc) is 2.54. The number of hydrogen-bond donors (Lipinski definition) is 1. The lowest BCUT2D eigenvalue weighted by Crippen LogP contribution is -2.18. The molecule has 0 saturated carbocycles. The van der Waals surface area contributed by atoms with Crippen LogP contribution in [0.15, 0.2) is 0 Å². The van der Waals surface area contributed by atoms with Crippen molar-refractivity contribution in [2.75, 3.05) is 14.2 Å². The van der Waals surface area contributed by atoms with E-state index in [1.165, 1.54) is 11.1 Å². The topological polar surface area (TPSA) is 44.5 Å². The van der Waals surface area contributed by atoms with Gasteiger partial charge in [0.05, 0.1) is 14.2 Å². The first-order chi connectivity index (χ1) is 7.51. The Labute approximate surface area is 102 Å². The van der Waals surface area contributed by atoms with Gasteiger partial charge in [0, 0.05) is 17.2 Å². The fourth-order valence-electron chi connectivity index (χ4n) is 1.85. The van der Waals surface area contributed by atoms with Gasteiger partial charge in [0.1, 0.15) is 0 Å². The molecule has 1 aromatic heterocycles. The summed E-state index contributed by atoms with van der Waals surface area (Å²) in [7, 11) is 3.40. The van der Waals surface area contributed by atoms with Crippen molar-refractivity contribution in [1.82, 2.24) is 0 Å². The van der Waals surface area contributed by atoms with E-state index in [0.717, 1.165) is 16.5 Å². The van der Waals surface area contributed by atoms with Crippen molar-refractivity contribution in [2.24, 2.45) is 5.73 Å². The molecular formula is C12H21NO2S. The van der Waals surface area contributed by atoms with Gasteiger partial charge in [-0.25, -0.2) is 0 Å². The maximum atomic E-state index is 5.88. The van der Waals surface area contributed by atoms with E-state index in [2.05, 4.69) is 13.8 Å².